The van der Waals surface area contributed by atoms with Crippen molar-refractivity contribution in [1.29, 1.82) is 5.26 Å². The molecule has 1 fully saturated rings. The van der Waals surface area contributed by atoms with Crippen molar-refractivity contribution in [3.8, 4) is 6.07 Å². The van der Waals surface area contributed by atoms with E-state index in [4.69, 9.17) is 5.26 Å². The van der Waals surface area contributed by atoms with Crippen LogP contribution >= 0.6 is 11.8 Å². The summed E-state index contributed by atoms with van der Waals surface area (Å²) in [5.74, 6) is 2.82. The zero-order valence-electron chi connectivity index (χ0n) is 9.58. The summed E-state index contributed by atoms with van der Waals surface area (Å²) in [6.07, 6.45) is 1.28. The zero-order chi connectivity index (χ0) is 12.1. The second-order valence-electron chi connectivity index (χ2n) is 4.29. The van der Waals surface area contributed by atoms with E-state index in [9.17, 15) is 4.39 Å². The van der Waals surface area contributed by atoms with Crippen molar-refractivity contribution in [2.45, 2.75) is 13.0 Å². The number of nitrogens with one attached hydrogen (secondary N) is 1. The van der Waals surface area contributed by atoms with Gasteiger partial charge < -0.3 is 5.32 Å². The maximum absolute atomic E-state index is 13.1. The van der Waals surface area contributed by atoms with Crippen LogP contribution < -0.4 is 5.32 Å². The second-order valence-corrected chi connectivity index (χ2v) is 5.44. The van der Waals surface area contributed by atoms with E-state index in [2.05, 4.69) is 5.32 Å². The molecule has 0 aliphatic carbocycles. The summed E-state index contributed by atoms with van der Waals surface area (Å²) in [6, 6.07) is 6.57. The summed E-state index contributed by atoms with van der Waals surface area (Å²) < 4.78 is 13.1. The number of hydrogen-bond donors (Lipinski definition) is 1. The third kappa shape index (κ3) is 3.45. The third-order valence-electron chi connectivity index (χ3n) is 2.94. The normalized spacial score (nSPS) is 19.2. The van der Waals surface area contributed by atoms with Crippen LogP contribution in [0.2, 0.25) is 0 Å². The van der Waals surface area contributed by atoms with E-state index in [1.807, 2.05) is 17.8 Å². The molecule has 2 rings (SSSR count). The highest BCUT2D eigenvalue weighted by molar-refractivity contribution is 7.99. The van der Waals surface area contributed by atoms with Crippen LogP contribution in [0, 0.1) is 23.1 Å². The number of benzene rings is 1. The molecule has 0 bridgehead atoms. The van der Waals surface area contributed by atoms with Gasteiger partial charge in [-0.1, -0.05) is 6.07 Å². The molecule has 1 heterocycles. The van der Waals surface area contributed by atoms with E-state index in [0.29, 0.717) is 6.54 Å². The maximum Gasteiger partial charge on any atom is 0.140 e. The molecule has 1 N–H and O–H groups in total. The highest BCUT2D eigenvalue weighted by Crippen LogP contribution is 2.22. The molecule has 0 aromatic heterocycles. The van der Waals surface area contributed by atoms with Gasteiger partial charge in [-0.2, -0.15) is 17.0 Å². The van der Waals surface area contributed by atoms with Crippen LogP contribution in [-0.2, 0) is 6.54 Å². The molecule has 1 unspecified atom stereocenters. The molecule has 0 amide bonds. The van der Waals surface area contributed by atoms with Crippen molar-refractivity contribution >= 4 is 11.8 Å². The van der Waals surface area contributed by atoms with Gasteiger partial charge in [-0.25, -0.2) is 4.39 Å². The first-order chi connectivity index (χ1) is 8.29. The fraction of sp³-hybridized carbons (Fsp3) is 0.462. The van der Waals surface area contributed by atoms with Crippen LogP contribution in [0.15, 0.2) is 18.2 Å². The molecular weight excluding hydrogens is 235 g/mol. The average molecular weight is 250 g/mol. The first-order valence-electron chi connectivity index (χ1n) is 5.76. The van der Waals surface area contributed by atoms with E-state index in [-0.39, 0.29) is 5.56 Å². The molecular formula is C13H15FN2S. The molecule has 0 spiro atoms. The van der Waals surface area contributed by atoms with Crippen molar-refractivity contribution in [2.24, 2.45) is 5.92 Å². The predicted octanol–water partition coefficient (Wildman–Crippen LogP) is 2.54. The maximum atomic E-state index is 13.1. The topological polar surface area (TPSA) is 35.8 Å². The van der Waals surface area contributed by atoms with E-state index < -0.39 is 5.82 Å². The van der Waals surface area contributed by atoms with Gasteiger partial charge >= 0.3 is 0 Å². The molecule has 1 saturated heterocycles. The van der Waals surface area contributed by atoms with Gasteiger partial charge in [-0.3, -0.25) is 0 Å². The van der Waals surface area contributed by atoms with Gasteiger partial charge in [0.05, 0.1) is 5.56 Å². The zero-order valence-corrected chi connectivity index (χ0v) is 10.4. The summed E-state index contributed by atoms with van der Waals surface area (Å²) in [7, 11) is 0. The number of rotatable bonds is 4. The number of nitriles is 1. The fourth-order valence-corrected chi connectivity index (χ4v) is 3.22. The number of thioether (sulfide) groups is 1. The van der Waals surface area contributed by atoms with E-state index in [0.717, 1.165) is 18.0 Å². The van der Waals surface area contributed by atoms with Gasteiger partial charge in [0.1, 0.15) is 11.9 Å². The molecule has 1 atom stereocenters. The van der Waals surface area contributed by atoms with Crippen LogP contribution in [0.1, 0.15) is 17.5 Å². The van der Waals surface area contributed by atoms with Crippen LogP contribution in [0.4, 0.5) is 4.39 Å². The highest BCUT2D eigenvalue weighted by atomic mass is 32.2. The van der Waals surface area contributed by atoms with Crippen molar-refractivity contribution in [1.82, 2.24) is 5.32 Å². The second kappa shape index (κ2) is 6.04. The molecule has 1 aromatic carbocycles. The number of halogens is 1. The lowest BCUT2D eigenvalue weighted by Gasteiger charge is -2.10. The van der Waals surface area contributed by atoms with E-state index in [1.165, 1.54) is 24.0 Å². The standard InChI is InChI=1S/C13H15FN2S/c14-13-2-1-10(5-12(13)6-15)7-16-8-11-3-4-17-9-11/h1-2,5,11,16H,3-4,7-9H2. The summed E-state index contributed by atoms with van der Waals surface area (Å²) in [6.45, 7) is 1.71. The van der Waals surface area contributed by atoms with Gasteiger partial charge in [-0.15, -0.1) is 0 Å². The Morgan fingerprint density at radius 2 is 2.41 bits per heavy atom. The Morgan fingerprint density at radius 3 is 3.12 bits per heavy atom. The summed E-state index contributed by atoms with van der Waals surface area (Å²) in [4.78, 5) is 0. The summed E-state index contributed by atoms with van der Waals surface area (Å²) in [5.41, 5.74) is 1.09. The molecule has 1 aromatic rings. The van der Waals surface area contributed by atoms with Crippen LogP contribution in [0.25, 0.3) is 0 Å². The van der Waals surface area contributed by atoms with Crippen molar-refractivity contribution in [2.75, 3.05) is 18.1 Å². The lowest BCUT2D eigenvalue weighted by Crippen LogP contribution is -2.22. The first kappa shape index (κ1) is 12.4. The molecule has 90 valence electrons. The Balaban J connectivity index is 1.84. The largest absolute Gasteiger partial charge is 0.312 e. The average Bonchev–Trinajstić information content (AvgIpc) is 2.84. The van der Waals surface area contributed by atoms with Gasteiger partial charge in [0.25, 0.3) is 0 Å². The Bertz CT molecular complexity index is 422. The monoisotopic (exact) mass is 250 g/mol. The van der Waals surface area contributed by atoms with Gasteiger partial charge in [-0.05, 0) is 48.1 Å². The molecule has 1 aliphatic rings. The van der Waals surface area contributed by atoms with Gasteiger partial charge in [0.2, 0.25) is 0 Å². The Kier molecular flexibility index (Phi) is 4.41. The van der Waals surface area contributed by atoms with Crippen LogP contribution in [-0.4, -0.2) is 18.1 Å². The molecule has 4 heteroatoms. The van der Waals surface area contributed by atoms with E-state index >= 15 is 0 Å². The molecule has 17 heavy (non-hydrogen) atoms. The van der Waals surface area contributed by atoms with E-state index in [1.54, 1.807) is 12.1 Å². The smallest absolute Gasteiger partial charge is 0.140 e. The minimum atomic E-state index is -0.441. The third-order valence-corrected chi connectivity index (χ3v) is 4.17. The Hall–Kier alpha value is -1.05. The first-order valence-corrected chi connectivity index (χ1v) is 6.92. The Labute approximate surface area is 105 Å². The predicted molar refractivity (Wildman–Crippen MR) is 68.3 cm³/mol. The minimum absolute atomic E-state index is 0.126. The summed E-state index contributed by atoms with van der Waals surface area (Å²) in [5, 5.41) is 12.1. The number of nitrogens with zero attached hydrogens (tertiary/aromatic N) is 1. The highest BCUT2D eigenvalue weighted by Gasteiger charge is 2.14. The Morgan fingerprint density at radius 1 is 1.53 bits per heavy atom. The van der Waals surface area contributed by atoms with Crippen molar-refractivity contribution < 1.29 is 4.39 Å². The van der Waals surface area contributed by atoms with Gasteiger partial charge in [0.15, 0.2) is 0 Å². The lowest BCUT2D eigenvalue weighted by molar-refractivity contribution is 0.523. The summed E-state index contributed by atoms with van der Waals surface area (Å²) >= 11 is 2.00. The molecule has 0 radical (unpaired) electrons. The van der Waals surface area contributed by atoms with Gasteiger partial charge in [0, 0.05) is 6.54 Å². The lowest BCUT2D eigenvalue weighted by atomic mass is 10.1. The molecule has 0 saturated carbocycles. The SMILES string of the molecule is N#Cc1cc(CNCC2CCSC2)ccc1F. The van der Waals surface area contributed by atoms with Crippen molar-refractivity contribution in [3.05, 3.63) is 35.1 Å². The van der Waals surface area contributed by atoms with Crippen molar-refractivity contribution in [3.63, 3.8) is 0 Å². The van der Waals surface area contributed by atoms with Crippen LogP contribution in [0.5, 0.6) is 0 Å². The molecule has 1 aliphatic heterocycles. The molecule has 2 nitrogen and oxygen atoms in total. The van der Waals surface area contributed by atoms with Crippen LogP contribution in [0.3, 0.4) is 0 Å². The quantitative estimate of drug-likeness (QED) is 0.892. The number of hydrogen-bond acceptors (Lipinski definition) is 3. The minimum Gasteiger partial charge on any atom is -0.312 e. The fourth-order valence-electron chi connectivity index (χ4n) is 1.93.